The molecule has 0 aromatic heterocycles. The molecule has 0 radical (unpaired) electrons. The highest BCUT2D eigenvalue weighted by Crippen LogP contribution is 2.30. The molecular weight excluding hydrogens is 290 g/mol. The van der Waals surface area contributed by atoms with Crippen molar-refractivity contribution in [1.82, 2.24) is 5.32 Å². The minimum absolute atomic E-state index is 0.146. The van der Waals surface area contributed by atoms with Crippen molar-refractivity contribution in [2.24, 2.45) is 5.41 Å². The summed E-state index contributed by atoms with van der Waals surface area (Å²) in [4.78, 5) is 0. The largest absolute Gasteiger partial charge is 0.372 e. The van der Waals surface area contributed by atoms with Crippen molar-refractivity contribution in [3.63, 3.8) is 0 Å². The van der Waals surface area contributed by atoms with Crippen molar-refractivity contribution in [3.05, 3.63) is 34.3 Å². The van der Waals surface area contributed by atoms with Crippen LogP contribution in [0, 0.1) is 5.41 Å². The van der Waals surface area contributed by atoms with Crippen molar-refractivity contribution >= 4 is 15.9 Å². The summed E-state index contributed by atoms with van der Waals surface area (Å²) in [7, 11) is 0. The molecule has 2 nitrogen and oxygen atoms in total. The summed E-state index contributed by atoms with van der Waals surface area (Å²) < 4.78 is 7.13. The van der Waals surface area contributed by atoms with Crippen LogP contribution in [0.2, 0.25) is 0 Å². The summed E-state index contributed by atoms with van der Waals surface area (Å²) >= 11 is 3.60. The summed E-state index contributed by atoms with van der Waals surface area (Å²) in [5.41, 5.74) is 1.52. The third kappa shape index (κ3) is 3.34. The van der Waals surface area contributed by atoms with Crippen LogP contribution in [0.3, 0.4) is 0 Å². The fourth-order valence-electron chi connectivity index (χ4n) is 2.41. The Kier molecular flexibility index (Phi) is 4.46. The van der Waals surface area contributed by atoms with E-state index in [1.54, 1.807) is 0 Å². The van der Waals surface area contributed by atoms with Gasteiger partial charge < -0.3 is 10.1 Å². The van der Waals surface area contributed by atoms with Crippen molar-refractivity contribution < 1.29 is 4.74 Å². The SMILES string of the molecule is CC(C)(C)C1CCOC(c2ccccc2Br)CN1. The number of benzene rings is 1. The smallest absolute Gasteiger partial charge is 0.0960 e. The molecule has 1 saturated heterocycles. The van der Waals surface area contributed by atoms with E-state index in [9.17, 15) is 0 Å². The van der Waals surface area contributed by atoms with Gasteiger partial charge in [-0.2, -0.15) is 0 Å². The van der Waals surface area contributed by atoms with Gasteiger partial charge in [-0.25, -0.2) is 0 Å². The van der Waals surface area contributed by atoms with E-state index < -0.39 is 0 Å². The zero-order valence-corrected chi connectivity index (χ0v) is 13.0. The lowest BCUT2D eigenvalue weighted by Gasteiger charge is -2.30. The normalized spacial score (nSPS) is 25.8. The predicted octanol–water partition coefficient (Wildman–Crippen LogP) is 3.91. The first-order valence-electron chi connectivity index (χ1n) is 6.58. The van der Waals surface area contributed by atoms with E-state index in [1.807, 2.05) is 6.07 Å². The zero-order chi connectivity index (χ0) is 13.2. The van der Waals surface area contributed by atoms with Crippen molar-refractivity contribution in [2.45, 2.75) is 39.3 Å². The molecule has 1 aliphatic heterocycles. The van der Waals surface area contributed by atoms with Crippen molar-refractivity contribution in [1.29, 1.82) is 0 Å². The Labute approximate surface area is 118 Å². The number of rotatable bonds is 1. The molecule has 1 aliphatic rings. The quantitative estimate of drug-likeness (QED) is 0.849. The molecule has 18 heavy (non-hydrogen) atoms. The van der Waals surface area contributed by atoms with Gasteiger partial charge in [0.05, 0.1) is 6.10 Å². The van der Waals surface area contributed by atoms with E-state index in [4.69, 9.17) is 4.74 Å². The van der Waals surface area contributed by atoms with Gasteiger partial charge in [0.1, 0.15) is 0 Å². The number of hydrogen-bond acceptors (Lipinski definition) is 2. The molecule has 1 heterocycles. The minimum atomic E-state index is 0.146. The maximum absolute atomic E-state index is 6.00. The molecule has 100 valence electrons. The number of nitrogens with one attached hydrogen (secondary N) is 1. The average Bonchev–Trinajstić information content (AvgIpc) is 2.54. The topological polar surface area (TPSA) is 21.3 Å². The standard InChI is InChI=1S/C15H22BrNO/c1-15(2,3)14-8-9-18-13(10-17-14)11-6-4-5-7-12(11)16/h4-7,13-14,17H,8-10H2,1-3H3. The first kappa shape index (κ1) is 14.0. The van der Waals surface area contributed by atoms with E-state index in [1.165, 1.54) is 5.56 Å². The van der Waals surface area contributed by atoms with Gasteiger partial charge in [-0.05, 0) is 23.5 Å². The van der Waals surface area contributed by atoms with Crippen LogP contribution in [-0.2, 0) is 4.74 Å². The van der Waals surface area contributed by atoms with Crippen molar-refractivity contribution in [3.8, 4) is 0 Å². The molecule has 1 fully saturated rings. The second-order valence-corrected chi connectivity index (χ2v) is 6.85. The monoisotopic (exact) mass is 311 g/mol. The van der Waals surface area contributed by atoms with Crippen LogP contribution in [0.1, 0.15) is 38.9 Å². The van der Waals surface area contributed by atoms with Crippen LogP contribution < -0.4 is 5.32 Å². The summed E-state index contributed by atoms with van der Waals surface area (Å²) in [6.45, 7) is 8.54. The Morgan fingerprint density at radius 1 is 1.28 bits per heavy atom. The number of ether oxygens (including phenoxy) is 1. The Hall–Kier alpha value is -0.380. The predicted molar refractivity (Wildman–Crippen MR) is 78.7 cm³/mol. The highest BCUT2D eigenvalue weighted by Gasteiger charge is 2.28. The average molecular weight is 312 g/mol. The van der Waals surface area contributed by atoms with Gasteiger partial charge in [-0.3, -0.25) is 0 Å². The van der Waals surface area contributed by atoms with E-state index in [2.05, 4.69) is 60.2 Å². The highest BCUT2D eigenvalue weighted by atomic mass is 79.9. The molecule has 3 heteroatoms. The van der Waals surface area contributed by atoms with Gasteiger partial charge in [-0.15, -0.1) is 0 Å². The van der Waals surface area contributed by atoms with Crippen LogP contribution in [0.25, 0.3) is 0 Å². The molecule has 2 atom stereocenters. The third-order valence-electron chi connectivity index (χ3n) is 3.57. The lowest BCUT2D eigenvalue weighted by Crippen LogP contribution is -2.40. The zero-order valence-electron chi connectivity index (χ0n) is 11.4. The Morgan fingerprint density at radius 2 is 2.00 bits per heavy atom. The lowest BCUT2D eigenvalue weighted by molar-refractivity contribution is 0.0649. The van der Waals surface area contributed by atoms with Crippen LogP contribution in [0.5, 0.6) is 0 Å². The maximum atomic E-state index is 6.00. The minimum Gasteiger partial charge on any atom is -0.372 e. The molecule has 2 unspecified atom stereocenters. The van der Waals surface area contributed by atoms with E-state index >= 15 is 0 Å². The molecule has 0 saturated carbocycles. The highest BCUT2D eigenvalue weighted by molar-refractivity contribution is 9.10. The van der Waals surface area contributed by atoms with Crippen LogP contribution in [-0.4, -0.2) is 19.2 Å². The third-order valence-corrected chi connectivity index (χ3v) is 4.29. The maximum Gasteiger partial charge on any atom is 0.0960 e. The van der Waals surface area contributed by atoms with Gasteiger partial charge in [0.15, 0.2) is 0 Å². The second-order valence-electron chi connectivity index (χ2n) is 6.00. The Morgan fingerprint density at radius 3 is 2.67 bits per heavy atom. The van der Waals surface area contributed by atoms with E-state index in [-0.39, 0.29) is 11.5 Å². The molecule has 0 spiro atoms. The van der Waals surface area contributed by atoms with Crippen LogP contribution in [0.15, 0.2) is 28.7 Å². The molecule has 0 aliphatic carbocycles. The first-order chi connectivity index (χ1) is 8.48. The van der Waals surface area contributed by atoms with Gasteiger partial charge in [0.2, 0.25) is 0 Å². The Balaban J connectivity index is 2.08. The summed E-state index contributed by atoms with van der Waals surface area (Å²) in [6.07, 6.45) is 1.22. The molecule has 2 rings (SSSR count). The second kappa shape index (κ2) is 5.72. The van der Waals surface area contributed by atoms with E-state index in [0.717, 1.165) is 24.0 Å². The Bertz CT molecular complexity index is 400. The molecule has 1 N–H and O–H groups in total. The molecule has 1 aromatic rings. The van der Waals surface area contributed by atoms with Gasteiger partial charge in [0.25, 0.3) is 0 Å². The number of hydrogen-bond donors (Lipinski definition) is 1. The lowest BCUT2D eigenvalue weighted by atomic mass is 9.85. The fraction of sp³-hybridized carbons (Fsp3) is 0.600. The molecule has 0 amide bonds. The van der Waals surface area contributed by atoms with Gasteiger partial charge >= 0.3 is 0 Å². The summed E-state index contributed by atoms with van der Waals surface area (Å²) in [5, 5.41) is 3.65. The van der Waals surface area contributed by atoms with Crippen molar-refractivity contribution in [2.75, 3.05) is 13.2 Å². The van der Waals surface area contributed by atoms with Crippen LogP contribution >= 0.6 is 15.9 Å². The van der Waals surface area contributed by atoms with Gasteiger partial charge in [0, 0.05) is 23.7 Å². The fourth-order valence-corrected chi connectivity index (χ4v) is 2.95. The summed E-state index contributed by atoms with van der Waals surface area (Å²) in [6, 6.07) is 8.83. The van der Waals surface area contributed by atoms with Crippen LogP contribution in [0.4, 0.5) is 0 Å². The first-order valence-corrected chi connectivity index (χ1v) is 7.37. The molecular formula is C15H22BrNO. The molecule has 0 bridgehead atoms. The molecule has 1 aromatic carbocycles. The van der Waals surface area contributed by atoms with Gasteiger partial charge in [-0.1, -0.05) is 54.9 Å². The summed E-state index contributed by atoms with van der Waals surface area (Å²) in [5.74, 6) is 0. The van der Waals surface area contributed by atoms with E-state index in [0.29, 0.717) is 6.04 Å². The number of halogens is 1.